The summed E-state index contributed by atoms with van der Waals surface area (Å²) in [6.45, 7) is 1.83. The van der Waals surface area contributed by atoms with Crippen molar-refractivity contribution in [3.8, 4) is 17.2 Å². The third kappa shape index (κ3) is 4.44. The molecule has 7 nitrogen and oxygen atoms in total. The molecule has 1 aliphatic heterocycles. The molecule has 0 bridgehead atoms. The second-order valence-corrected chi connectivity index (χ2v) is 7.10. The number of aliphatic hydroxyl groups is 1. The molecule has 156 valence electrons. The number of hydrogen-bond acceptors (Lipinski definition) is 8. The van der Waals surface area contributed by atoms with Gasteiger partial charge in [0.15, 0.2) is 0 Å². The van der Waals surface area contributed by atoms with Crippen LogP contribution in [0.2, 0.25) is 0 Å². The van der Waals surface area contributed by atoms with Crippen molar-refractivity contribution >= 4 is 34.5 Å². The minimum Gasteiger partial charge on any atom is -0.507 e. The summed E-state index contributed by atoms with van der Waals surface area (Å²) in [5, 5.41) is 21.0. The number of methoxy groups -OCH3 is 2. The molecule has 3 rings (SSSR count). The van der Waals surface area contributed by atoms with Gasteiger partial charge in [0.1, 0.15) is 39.3 Å². The van der Waals surface area contributed by atoms with Gasteiger partial charge in [-0.1, -0.05) is 30.0 Å². The Balaban J connectivity index is 2.09. The molecule has 30 heavy (non-hydrogen) atoms. The number of aliphatic hydroxyl groups excluding tert-OH is 1. The van der Waals surface area contributed by atoms with Crippen LogP contribution in [0.3, 0.4) is 0 Å². The Kier molecular flexibility index (Phi) is 6.68. The first-order valence-corrected chi connectivity index (χ1v) is 9.89. The highest BCUT2D eigenvalue weighted by molar-refractivity contribution is 8.18. The predicted octanol–water partition coefficient (Wildman–Crippen LogP) is 4.60. The minimum absolute atomic E-state index is 0.0404. The summed E-state index contributed by atoms with van der Waals surface area (Å²) in [5.74, 6) is 0.156. The Morgan fingerprint density at radius 1 is 1.13 bits per heavy atom. The van der Waals surface area contributed by atoms with Crippen molar-refractivity contribution < 1.29 is 29.2 Å². The zero-order valence-corrected chi connectivity index (χ0v) is 17.5. The molecule has 2 aromatic carbocycles. The van der Waals surface area contributed by atoms with E-state index in [1.165, 1.54) is 13.2 Å². The number of nitrogens with zero attached hydrogens (tertiary/aromatic N) is 1. The fourth-order valence-corrected chi connectivity index (χ4v) is 3.75. The van der Waals surface area contributed by atoms with Crippen molar-refractivity contribution in [3.05, 3.63) is 64.3 Å². The lowest BCUT2D eigenvalue weighted by atomic mass is 10.1. The van der Waals surface area contributed by atoms with E-state index in [-0.39, 0.29) is 28.7 Å². The van der Waals surface area contributed by atoms with Crippen LogP contribution in [0.25, 0.3) is 6.08 Å². The molecular formula is C22H21NO6S. The largest absolute Gasteiger partial charge is 0.507 e. The van der Waals surface area contributed by atoms with Crippen molar-refractivity contribution in [1.82, 2.24) is 0 Å². The maximum absolute atomic E-state index is 12.5. The zero-order valence-electron chi connectivity index (χ0n) is 16.7. The molecule has 2 aromatic rings. The number of rotatable bonds is 6. The molecule has 1 heterocycles. The molecule has 0 fully saturated rings. The second kappa shape index (κ2) is 9.41. The van der Waals surface area contributed by atoms with Crippen LogP contribution in [-0.2, 0) is 9.53 Å². The van der Waals surface area contributed by atoms with Crippen LogP contribution in [0, 0.1) is 0 Å². The van der Waals surface area contributed by atoms with E-state index in [1.54, 1.807) is 56.5 Å². The first-order chi connectivity index (χ1) is 14.5. The van der Waals surface area contributed by atoms with Gasteiger partial charge in [-0.2, -0.15) is 0 Å². The summed E-state index contributed by atoms with van der Waals surface area (Å²) in [5.41, 5.74) is 0.915. The van der Waals surface area contributed by atoms with E-state index in [4.69, 9.17) is 14.2 Å². The lowest BCUT2D eigenvalue weighted by molar-refractivity contribution is -0.138. The van der Waals surface area contributed by atoms with Gasteiger partial charge in [0, 0.05) is 11.6 Å². The maximum atomic E-state index is 12.5. The highest BCUT2D eigenvalue weighted by atomic mass is 32.2. The lowest BCUT2D eigenvalue weighted by Crippen LogP contribution is -2.12. The number of aromatic hydroxyl groups is 1. The van der Waals surface area contributed by atoms with Gasteiger partial charge in [-0.3, -0.25) is 0 Å². The molecule has 2 N–H and O–H groups in total. The van der Waals surface area contributed by atoms with Crippen molar-refractivity contribution in [2.45, 2.75) is 6.92 Å². The van der Waals surface area contributed by atoms with Crippen LogP contribution < -0.4 is 9.47 Å². The van der Waals surface area contributed by atoms with E-state index in [2.05, 4.69) is 4.99 Å². The summed E-state index contributed by atoms with van der Waals surface area (Å²) in [4.78, 5) is 17.4. The third-order valence-electron chi connectivity index (χ3n) is 4.20. The van der Waals surface area contributed by atoms with E-state index >= 15 is 0 Å². The van der Waals surface area contributed by atoms with E-state index in [0.717, 1.165) is 11.8 Å². The Hall–Kier alpha value is -3.39. The molecule has 8 heteroatoms. The molecule has 0 unspecified atom stereocenters. The summed E-state index contributed by atoms with van der Waals surface area (Å²) in [6.07, 6.45) is 1.59. The van der Waals surface area contributed by atoms with Gasteiger partial charge < -0.3 is 24.4 Å². The van der Waals surface area contributed by atoms with E-state index in [1.807, 2.05) is 0 Å². The molecule has 0 spiro atoms. The fourth-order valence-electron chi connectivity index (χ4n) is 2.73. The predicted molar refractivity (Wildman–Crippen MR) is 117 cm³/mol. The number of ether oxygens (including phenoxy) is 3. The van der Waals surface area contributed by atoms with Gasteiger partial charge >= 0.3 is 5.97 Å². The van der Waals surface area contributed by atoms with Crippen LogP contribution in [0.5, 0.6) is 17.2 Å². The summed E-state index contributed by atoms with van der Waals surface area (Å²) in [6, 6.07) is 11.8. The molecule has 0 saturated carbocycles. The van der Waals surface area contributed by atoms with Gasteiger partial charge in [0.25, 0.3) is 0 Å². The number of esters is 1. The zero-order chi connectivity index (χ0) is 21.7. The molecular weight excluding hydrogens is 406 g/mol. The van der Waals surface area contributed by atoms with E-state index in [0.29, 0.717) is 27.7 Å². The van der Waals surface area contributed by atoms with E-state index < -0.39 is 5.97 Å². The minimum atomic E-state index is -0.686. The Morgan fingerprint density at radius 3 is 2.57 bits per heavy atom. The second-order valence-electron chi connectivity index (χ2n) is 6.07. The number of carbonyl (C=O) groups is 1. The number of benzene rings is 2. The Labute approximate surface area is 178 Å². The average Bonchev–Trinajstić information content (AvgIpc) is 3.05. The number of carbonyl (C=O) groups excluding carboxylic acids is 1. The topological polar surface area (TPSA) is 97.6 Å². The molecule has 0 aliphatic carbocycles. The van der Waals surface area contributed by atoms with Crippen molar-refractivity contribution in [3.63, 3.8) is 0 Å². The van der Waals surface area contributed by atoms with Gasteiger partial charge in [-0.05, 0) is 31.2 Å². The normalized spacial score (nSPS) is 16.2. The highest BCUT2D eigenvalue weighted by Gasteiger charge is 2.33. The number of phenolic OH excluding ortho intramolecular Hbond substituents is 1. The third-order valence-corrected chi connectivity index (χ3v) is 5.22. The molecule has 1 aliphatic rings. The van der Waals surface area contributed by atoms with Crippen molar-refractivity contribution in [2.24, 2.45) is 4.99 Å². The molecule has 0 aromatic heterocycles. The quantitative estimate of drug-likeness (QED) is 0.650. The summed E-state index contributed by atoms with van der Waals surface area (Å²) < 4.78 is 15.7. The van der Waals surface area contributed by atoms with Crippen LogP contribution >= 0.6 is 11.8 Å². The van der Waals surface area contributed by atoms with Crippen LogP contribution in [0.1, 0.15) is 12.5 Å². The number of aliphatic imine (C=N–C) groups is 1. The van der Waals surface area contributed by atoms with Crippen LogP contribution in [-0.4, -0.2) is 42.1 Å². The van der Waals surface area contributed by atoms with Crippen LogP contribution in [0.15, 0.2) is 63.7 Å². The fraction of sp³-hybridized carbons (Fsp3) is 0.182. The first kappa shape index (κ1) is 21.3. The molecule has 0 amide bonds. The number of hydrogen-bond donors (Lipinski definition) is 2. The van der Waals surface area contributed by atoms with Gasteiger partial charge in [0.05, 0.1) is 25.7 Å². The monoisotopic (exact) mass is 427 g/mol. The van der Waals surface area contributed by atoms with Crippen LogP contribution in [0.4, 0.5) is 5.69 Å². The number of para-hydroxylation sites is 1. The highest BCUT2D eigenvalue weighted by Crippen LogP contribution is 2.42. The maximum Gasteiger partial charge on any atom is 0.344 e. The first-order valence-electron chi connectivity index (χ1n) is 9.07. The number of thioether (sulfide) groups is 1. The summed E-state index contributed by atoms with van der Waals surface area (Å²) >= 11 is 1.10. The standard InChI is InChI=1S/C22H21NO6S/c1-4-29-22(26)19-20(25)18(11-13-7-5-6-8-16(13)24)30-21(19)23-15-10-9-14(27-2)12-17(15)28-3/h5-12,24-25H,4H2,1-3H3. The lowest BCUT2D eigenvalue weighted by Gasteiger charge is -2.08. The average molecular weight is 427 g/mol. The van der Waals surface area contributed by atoms with Gasteiger partial charge in [-0.25, -0.2) is 9.79 Å². The molecule has 0 radical (unpaired) electrons. The SMILES string of the molecule is CCOC(=O)C1=C(O)C(=Cc2ccccc2O)SC1=Nc1ccc(OC)cc1OC. The Morgan fingerprint density at radius 2 is 1.90 bits per heavy atom. The van der Waals surface area contributed by atoms with Crippen molar-refractivity contribution in [2.75, 3.05) is 20.8 Å². The van der Waals surface area contributed by atoms with Gasteiger partial charge in [0.2, 0.25) is 0 Å². The smallest absolute Gasteiger partial charge is 0.344 e. The molecule has 0 atom stereocenters. The van der Waals surface area contributed by atoms with Gasteiger partial charge in [-0.15, -0.1) is 0 Å². The van der Waals surface area contributed by atoms with Crippen molar-refractivity contribution in [1.29, 1.82) is 0 Å². The summed E-state index contributed by atoms with van der Waals surface area (Å²) in [7, 11) is 3.05. The number of phenols is 1. The van der Waals surface area contributed by atoms with E-state index in [9.17, 15) is 15.0 Å². The molecule has 0 saturated heterocycles. The Bertz CT molecular complexity index is 1060.